The Morgan fingerprint density at radius 1 is 1.38 bits per heavy atom. The molecule has 1 aliphatic rings. The van der Waals surface area contributed by atoms with Gasteiger partial charge in [0.15, 0.2) is 0 Å². The van der Waals surface area contributed by atoms with Gasteiger partial charge in [-0.25, -0.2) is 4.98 Å². The second-order valence-corrected chi connectivity index (χ2v) is 5.88. The van der Waals surface area contributed by atoms with Gasteiger partial charge >= 0.3 is 0 Å². The predicted molar refractivity (Wildman–Crippen MR) is 84.8 cm³/mol. The van der Waals surface area contributed by atoms with E-state index in [-0.39, 0.29) is 12.1 Å². The predicted octanol–water partition coefficient (Wildman–Crippen LogP) is 1.50. The van der Waals surface area contributed by atoms with Gasteiger partial charge in [0.1, 0.15) is 17.7 Å². The highest BCUT2D eigenvalue weighted by Crippen LogP contribution is 2.30. The molecule has 6 nitrogen and oxygen atoms in total. The molecule has 1 aliphatic heterocycles. The number of halogens is 1. The highest BCUT2D eigenvalue weighted by molar-refractivity contribution is 9.10. The molecule has 1 aromatic carbocycles. The third-order valence-electron chi connectivity index (χ3n) is 3.37. The number of aromatic nitrogens is 2. The average molecular weight is 350 g/mol. The van der Waals surface area contributed by atoms with Crippen LogP contribution in [0.2, 0.25) is 0 Å². The van der Waals surface area contributed by atoms with E-state index in [1.165, 1.54) is 5.56 Å². The summed E-state index contributed by atoms with van der Waals surface area (Å²) in [7, 11) is 0. The molecule has 1 unspecified atom stereocenters. The molecule has 3 rings (SSSR count). The molecule has 2 heterocycles. The van der Waals surface area contributed by atoms with E-state index < -0.39 is 0 Å². The van der Waals surface area contributed by atoms with Gasteiger partial charge in [-0.15, -0.1) is 0 Å². The first-order chi connectivity index (χ1) is 10.1. The topological polar surface area (TPSA) is 99.1 Å². The zero-order chi connectivity index (χ0) is 14.8. The standard InChI is InChI=1S/C14H16BrN5O/c15-10-1-2-12-8(3-10)4-11(21-12)7-18-5-9-6-19-14(17)20-13(9)16/h1-3,6,11,18H,4-5,7H2,(H4,16,17,19,20). The summed E-state index contributed by atoms with van der Waals surface area (Å²) in [6, 6.07) is 6.08. The van der Waals surface area contributed by atoms with E-state index in [0.29, 0.717) is 12.4 Å². The number of nitrogens with zero attached hydrogens (tertiary/aromatic N) is 2. The molecule has 0 fully saturated rings. The molecular weight excluding hydrogens is 334 g/mol. The van der Waals surface area contributed by atoms with Gasteiger partial charge in [0.05, 0.1) is 0 Å². The molecule has 0 saturated heterocycles. The van der Waals surface area contributed by atoms with Crippen LogP contribution in [0.5, 0.6) is 5.75 Å². The first-order valence-corrected chi connectivity index (χ1v) is 7.44. The van der Waals surface area contributed by atoms with Gasteiger partial charge in [0, 0.05) is 35.7 Å². The molecule has 0 radical (unpaired) electrons. The minimum absolute atomic E-state index is 0.130. The second kappa shape index (κ2) is 5.87. The lowest BCUT2D eigenvalue weighted by Crippen LogP contribution is -2.30. The van der Waals surface area contributed by atoms with Crippen LogP contribution in [0.25, 0.3) is 0 Å². The number of ether oxygens (including phenoxy) is 1. The van der Waals surface area contributed by atoms with Crippen LogP contribution >= 0.6 is 15.9 Å². The molecule has 21 heavy (non-hydrogen) atoms. The molecule has 7 heteroatoms. The van der Waals surface area contributed by atoms with Crippen LogP contribution in [0.15, 0.2) is 28.9 Å². The second-order valence-electron chi connectivity index (χ2n) is 4.97. The van der Waals surface area contributed by atoms with Crippen LogP contribution in [0.3, 0.4) is 0 Å². The van der Waals surface area contributed by atoms with Crippen molar-refractivity contribution in [3.8, 4) is 5.75 Å². The third-order valence-corrected chi connectivity index (χ3v) is 3.86. The smallest absolute Gasteiger partial charge is 0.221 e. The van der Waals surface area contributed by atoms with Gasteiger partial charge in [-0.2, -0.15) is 4.98 Å². The molecule has 0 spiro atoms. The summed E-state index contributed by atoms with van der Waals surface area (Å²) in [5.41, 5.74) is 13.3. The van der Waals surface area contributed by atoms with E-state index in [2.05, 4.69) is 37.3 Å². The summed E-state index contributed by atoms with van der Waals surface area (Å²) in [6.45, 7) is 1.32. The van der Waals surface area contributed by atoms with E-state index in [1.54, 1.807) is 6.20 Å². The number of nitrogens with two attached hydrogens (primary N) is 2. The summed E-state index contributed by atoms with van der Waals surface area (Å²) < 4.78 is 6.96. The fourth-order valence-electron chi connectivity index (χ4n) is 2.34. The van der Waals surface area contributed by atoms with Crippen molar-refractivity contribution < 1.29 is 4.74 Å². The van der Waals surface area contributed by atoms with Crippen LogP contribution in [0.1, 0.15) is 11.1 Å². The molecule has 1 aromatic heterocycles. The van der Waals surface area contributed by atoms with Crippen molar-refractivity contribution in [2.45, 2.75) is 19.1 Å². The highest BCUT2D eigenvalue weighted by Gasteiger charge is 2.22. The Morgan fingerprint density at radius 2 is 2.24 bits per heavy atom. The Balaban J connectivity index is 1.53. The van der Waals surface area contributed by atoms with Gasteiger partial charge in [0.2, 0.25) is 5.95 Å². The summed E-state index contributed by atoms with van der Waals surface area (Å²) in [5.74, 6) is 1.56. The molecule has 0 saturated carbocycles. The molecule has 5 N–H and O–H groups in total. The maximum Gasteiger partial charge on any atom is 0.221 e. The monoisotopic (exact) mass is 349 g/mol. The average Bonchev–Trinajstić information content (AvgIpc) is 2.83. The maximum atomic E-state index is 5.88. The van der Waals surface area contributed by atoms with Crippen LogP contribution in [0, 0.1) is 0 Å². The molecule has 1 atom stereocenters. The van der Waals surface area contributed by atoms with Crippen molar-refractivity contribution in [2.75, 3.05) is 18.0 Å². The quantitative estimate of drug-likeness (QED) is 0.773. The summed E-state index contributed by atoms with van der Waals surface area (Å²) in [5, 5.41) is 3.32. The minimum Gasteiger partial charge on any atom is -0.488 e. The number of fused-ring (bicyclic) bond motifs is 1. The number of hydrogen-bond donors (Lipinski definition) is 3. The largest absolute Gasteiger partial charge is 0.488 e. The van der Waals surface area contributed by atoms with Gasteiger partial charge in [-0.3, -0.25) is 0 Å². The Bertz CT molecular complexity index is 664. The number of nitrogens with one attached hydrogen (secondary N) is 1. The molecule has 2 aromatic rings. The van der Waals surface area contributed by atoms with Gasteiger partial charge < -0.3 is 21.5 Å². The lowest BCUT2D eigenvalue weighted by atomic mass is 10.1. The van der Waals surface area contributed by atoms with Gasteiger partial charge in [-0.1, -0.05) is 15.9 Å². The van der Waals surface area contributed by atoms with Gasteiger partial charge in [0.25, 0.3) is 0 Å². The highest BCUT2D eigenvalue weighted by atomic mass is 79.9. The summed E-state index contributed by atoms with van der Waals surface area (Å²) >= 11 is 3.47. The van der Waals surface area contributed by atoms with Gasteiger partial charge in [-0.05, 0) is 23.8 Å². The molecular formula is C14H16BrN5O. The Kier molecular flexibility index (Phi) is 3.94. The van der Waals surface area contributed by atoms with Crippen molar-refractivity contribution in [1.29, 1.82) is 0 Å². The van der Waals surface area contributed by atoms with Crippen LogP contribution in [-0.2, 0) is 13.0 Å². The van der Waals surface area contributed by atoms with Crippen molar-refractivity contribution in [3.05, 3.63) is 40.0 Å². The van der Waals surface area contributed by atoms with Crippen molar-refractivity contribution >= 4 is 27.7 Å². The minimum atomic E-state index is 0.130. The lowest BCUT2D eigenvalue weighted by molar-refractivity contribution is 0.227. The van der Waals surface area contributed by atoms with Crippen molar-refractivity contribution in [1.82, 2.24) is 15.3 Å². The van der Waals surface area contributed by atoms with Crippen molar-refractivity contribution in [3.63, 3.8) is 0 Å². The number of anilines is 2. The maximum absolute atomic E-state index is 5.88. The Morgan fingerprint density at radius 3 is 3.05 bits per heavy atom. The van der Waals surface area contributed by atoms with Crippen LogP contribution in [-0.4, -0.2) is 22.6 Å². The lowest BCUT2D eigenvalue weighted by Gasteiger charge is -2.12. The van der Waals surface area contributed by atoms with E-state index in [9.17, 15) is 0 Å². The molecule has 0 aliphatic carbocycles. The molecule has 110 valence electrons. The van der Waals surface area contributed by atoms with E-state index >= 15 is 0 Å². The van der Waals surface area contributed by atoms with E-state index in [0.717, 1.165) is 28.8 Å². The Labute approximate surface area is 131 Å². The van der Waals surface area contributed by atoms with Crippen molar-refractivity contribution in [2.24, 2.45) is 0 Å². The SMILES string of the molecule is Nc1ncc(CNCC2Cc3cc(Br)ccc3O2)c(N)n1. The number of rotatable bonds is 4. The zero-order valence-electron chi connectivity index (χ0n) is 11.3. The summed E-state index contributed by atoms with van der Waals surface area (Å²) in [4.78, 5) is 7.88. The Hall–Kier alpha value is -1.86. The fraction of sp³-hybridized carbons (Fsp3) is 0.286. The normalized spacial score (nSPS) is 16.5. The number of nitrogen functional groups attached to an aromatic ring is 2. The van der Waals surface area contributed by atoms with E-state index in [1.807, 2.05) is 12.1 Å². The molecule has 0 amide bonds. The zero-order valence-corrected chi connectivity index (χ0v) is 12.9. The first-order valence-electron chi connectivity index (χ1n) is 6.64. The summed E-state index contributed by atoms with van der Waals surface area (Å²) in [6.07, 6.45) is 2.67. The van der Waals surface area contributed by atoms with E-state index in [4.69, 9.17) is 16.2 Å². The number of hydrogen-bond acceptors (Lipinski definition) is 6. The number of benzene rings is 1. The van der Waals surface area contributed by atoms with Crippen LogP contribution < -0.4 is 21.5 Å². The first kappa shape index (κ1) is 14.1. The van der Waals surface area contributed by atoms with Crippen LogP contribution in [0.4, 0.5) is 11.8 Å². The fourth-order valence-corrected chi connectivity index (χ4v) is 2.75. The molecule has 0 bridgehead atoms. The third kappa shape index (κ3) is 3.25.